The lowest BCUT2D eigenvalue weighted by atomic mass is 9.92. The van der Waals surface area contributed by atoms with Crippen molar-refractivity contribution in [3.05, 3.63) is 76.5 Å². The van der Waals surface area contributed by atoms with Crippen molar-refractivity contribution in [1.82, 2.24) is 0 Å². The summed E-state index contributed by atoms with van der Waals surface area (Å²) in [5.74, 6) is 1.34. The maximum Gasteiger partial charge on any atom is 0.193 e. The molecular weight excluding hydrogens is 300 g/mol. The van der Waals surface area contributed by atoms with Crippen LogP contribution in [0.1, 0.15) is 19.4 Å². The van der Waals surface area contributed by atoms with Crippen LogP contribution in [-0.4, -0.2) is 5.60 Å². The average molecular weight is 318 g/mol. The molecule has 0 unspecified atom stereocenters. The SMILES string of the molecule is C=C(C)[C@]1(C)Cc2c(ccc3c(=O)cc(-c4ccccc4)oc23)O1. The van der Waals surface area contributed by atoms with Gasteiger partial charge in [0.15, 0.2) is 5.43 Å². The van der Waals surface area contributed by atoms with Crippen molar-refractivity contribution in [3.8, 4) is 17.1 Å². The molecule has 0 spiro atoms. The van der Waals surface area contributed by atoms with E-state index in [0.717, 1.165) is 22.4 Å². The first-order valence-electron chi connectivity index (χ1n) is 7.98. The van der Waals surface area contributed by atoms with Crippen molar-refractivity contribution in [2.75, 3.05) is 0 Å². The summed E-state index contributed by atoms with van der Waals surface area (Å²) in [5, 5.41) is 0.586. The second-order valence-corrected chi connectivity index (χ2v) is 6.55. The summed E-state index contributed by atoms with van der Waals surface area (Å²) in [7, 11) is 0. The van der Waals surface area contributed by atoms with E-state index in [1.807, 2.05) is 50.2 Å². The average Bonchev–Trinajstić information content (AvgIpc) is 2.94. The Morgan fingerprint density at radius 1 is 1.17 bits per heavy atom. The summed E-state index contributed by atoms with van der Waals surface area (Å²) < 4.78 is 12.2. The Labute approximate surface area is 140 Å². The molecule has 1 aliphatic rings. The van der Waals surface area contributed by atoms with E-state index < -0.39 is 5.60 Å². The molecule has 0 N–H and O–H groups in total. The normalized spacial score (nSPS) is 19.1. The van der Waals surface area contributed by atoms with Gasteiger partial charge in [-0.2, -0.15) is 0 Å². The van der Waals surface area contributed by atoms with E-state index in [0.29, 0.717) is 23.2 Å². The Hall–Kier alpha value is -2.81. The first-order chi connectivity index (χ1) is 11.5. The minimum Gasteiger partial charge on any atom is -0.482 e. The minimum absolute atomic E-state index is 0.0400. The summed E-state index contributed by atoms with van der Waals surface area (Å²) in [6.45, 7) is 8.01. The van der Waals surface area contributed by atoms with Crippen molar-refractivity contribution in [2.24, 2.45) is 0 Å². The van der Waals surface area contributed by atoms with Gasteiger partial charge in [-0.1, -0.05) is 36.9 Å². The van der Waals surface area contributed by atoms with Gasteiger partial charge >= 0.3 is 0 Å². The number of hydrogen-bond donors (Lipinski definition) is 0. The molecule has 1 aliphatic heterocycles. The van der Waals surface area contributed by atoms with Crippen LogP contribution in [0.3, 0.4) is 0 Å². The molecule has 3 nitrogen and oxygen atoms in total. The molecular formula is C21H18O3. The predicted molar refractivity (Wildman–Crippen MR) is 95.5 cm³/mol. The monoisotopic (exact) mass is 318 g/mol. The van der Waals surface area contributed by atoms with Crippen molar-refractivity contribution in [3.63, 3.8) is 0 Å². The summed E-state index contributed by atoms with van der Waals surface area (Å²) in [6.07, 6.45) is 0.649. The second kappa shape index (κ2) is 5.10. The number of rotatable bonds is 2. The molecule has 1 atom stereocenters. The van der Waals surface area contributed by atoms with E-state index in [-0.39, 0.29) is 5.43 Å². The lowest BCUT2D eigenvalue weighted by Crippen LogP contribution is -2.30. The van der Waals surface area contributed by atoms with Gasteiger partial charge in [-0.25, -0.2) is 0 Å². The van der Waals surface area contributed by atoms with Gasteiger partial charge < -0.3 is 9.15 Å². The molecule has 3 aromatic rings. The lowest BCUT2D eigenvalue weighted by Gasteiger charge is -2.23. The fourth-order valence-corrected chi connectivity index (χ4v) is 3.12. The van der Waals surface area contributed by atoms with Crippen molar-refractivity contribution < 1.29 is 9.15 Å². The van der Waals surface area contributed by atoms with Crippen LogP contribution >= 0.6 is 0 Å². The number of ether oxygens (including phenoxy) is 1. The van der Waals surface area contributed by atoms with Crippen molar-refractivity contribution >= 4 is 11.0 Å². The molecule has 0 fully saturated rings. The van der Waals surface area contributed by atoms with Crippen molar-refractivity contribution in [2.45, 2.75) is 25.9 Å². The van der Waals surface area contributed by atoms with Crippen LogP contribution in [0.15, 0.2) is 69.9 Å². The molecule has 4 rings (SSSR count). The molecule has 0 amide bonds. The second-order valence-electron chi connectivity index (χ2n) is 6.55. The maximum absolute atomic E-state index is 12.5. The van der Waals surface area contributed by atoms with Crippen LogP contribution in [0.25, 0.3) is 22.3 Å². The van der Waals surface area contributed by atoms with Gasteiger partial charge in [-0.15, -0.1) is 0 Å². The Morgan fingerprint density at radius 2 is 1.92 bits per heavy atom. The van der Waals surface area contributed by atoms with E-state index in [2.05, 4.69) is 6.58 Å². The van der Waals surface area contributed by atoms with E-state index in [1.165, 1.54) is 0 Å². The van der Waals surface area contributed by atoms with E-state index in [1.54, 1.807) is 12.1 Å². The fraction of sp³-hybridized carbons (Fsp3) is 0.190. The van der Waals surface area contributed by atoms with Gasteiger partial charge in [0.25, 0.3) is 0 Å². The third kappa shape index (κ3) is 2.16. The van der Waals surface area contributed by atoms with Crippen LogP contribution in [0.2, 0.25) is 0 Å². The topological polar surface area (TPSA) is 39.4 Å². The van der Waals surface area contributed by atoms with Gasteiger partial charge in [-0.3, -0.25) is 4.79 Å². The van der Waals surface area contributed by atoms with Crippen LogP contribution in [0, 0.1) is 0 Å². The highest BCUT2D eigenvalue weighted by Crippen LogP contribution is 2.42. The molecule has 1 aromatic heterocycles. The maximum atomic E-state index is 12.5. The highest BCUT2D eigenvalue weighted by Gasteiger charge is 2.37. The third-order valence-corrected chi connectivity index (χ3v) is 4.77. The van der Waals surface area contributed by atoms with Gasteiger partial charge in [-0.05, 0) is 31.6 Å². The smallest absolute Gasteiger partial charge is 0.193 e. The lowest BCUT2D eigenvalue weighted by molar-refractivity contribution is 0.157. The Kier molecular flexibility index (Phi) is 3.14. The van der Waals surface area contributed by atoms with E-state index in [4.69, 9.17) is 9.15 Å². The molecule has 2 aromatic carbocycles. The Morgan fingerprint density at radius 3 is 2.62 bits per heavy atom. The van der Waals surface area contributed by atoms with E-state index in [9.17, 15) is 4.79 Å². The van der Waals surface area contributed by atoms with Gasteiger partial charge in [0.05, 0.1) is 5.39 Å². The summed E-state index contributed by atoms with van der Waals surface area (Å²) in [6, 6.07) is 14.8. The van der Waals surface area contributed by atoms with Crippen LogP contribution in [-0.2, 0) is 6.42 Å². The van der Waals surface area contributed by atoms with Crippen molar-refractivity contribution in [1.29, 1.82) is 0 Å². The molecule has 3 heteroatoms. The summed E-state index contributed by atoms with van der Waals surface area (Å²) in [5.41, 5.74) is 2.89. The molecule has 0 saturated heterocycles. The van der Waals surface area contributed by atoms with Gasteiger partial charge in [0.1, 0.15) is 22.7 Å². The molecule has 24 heavy (non-hydrogen) atoms. The highest BCUT2D eigenvalue weighted by atomic mass is 16.5. The largest absolute Gasteiger partial charge is 0.482 e. The predicted octanol–water partition coefficient (Wildman–Crippen LogP) is 4.73. The standard InChI is InChI=1S/C21H18O3/c1-13(2)21(3)12-16-18(24-21)10-9-15-17(22)11-19(23-20(15)16)14-7-5-4-6-8-14/h4-11H,1,12H2,2-3H3/t21-/m0/s1. The van der Waals surface area contributed by atoms with Crippen LogP contribution in [0.5, 0.6) is 5.75 Å². The summed E-state index contributed by atoms with van der Waals surface area (Å²) in [4.78, 5) is 12.5. The number of fused-ring (bicyclic) bond motifs is 3. The zero-order valence-corrected chi connectivity index (χ0v) is 13.8. The van der Waals surface area contributed by atoms with Gasteiger partial charge in [0, 0.05) is 23.6 Å². The first-order valence-corrected chi connectivity index (χ1v) is 7.98. The molecule has 0 bridgehead atoms. The first kappa shape index (κ1) is 14.8. The quantitative estimate of drug-likeness (QED) is 0.641. The summed E-state index contributed by atoms with van der Waals surface area (Å²) >= 11 is 0. The molecule has 120 valence electrons. The number of benzene rings is 2. The third-order valence-electron chi connectivity index (χ3n) is 4.77. The zero-order chi connectivity index (χ0) is 16.9. The molecule has 0 saturated carbocycles. The Balaban J connectivity index is 1.96. The fourth-order valence-electron chi connectivity index (χ4n) is 3.12. The highest BCUT2D eigenvalue weighted by molar-refractivity contribution is 5.84. The van der Waals surface area contributed by atoms with Crippen LogP contribution < -0.4 is 10.2 Å². The van der Waals surface area contributed by atoms with E-state index >= 15 is 0 Å². The van der Waals surface area contributed by atoms with Crippen LogP contribution in [0.4, 0.5) is 0 Å². The van der Waals surface area contributed by atoms with Gasteiger partial charge in [0.2, 0.25) is 0 Å². The Bertz CT molecular complexity index is 1010. The molecule has 0 radical (unpaired) electrons. The molecule has 2 heterocycles. The minimum atomic E-state index is -0.460. The molecule has 0 aliphatic carbocycles. The number of hydrogen-bond acceptors (Lipinski definition) is 3. The zero-order valence-electron chi connectivity index (χ0n) is 13.8.